The molecule has 0 aromatic carbocycles. The Balaban J connectivity index is 2.99. The molecule has 0 N–H and O–H groups in total. The van der Waals surface area contributed by atoms with Gasteiger partial charge in [0.1, 0.15) is 0 Å². The lowest BCUT2D eigenvalue weighted by atomic mass is 10.0. The standard InChI is InChI=1S/C7H15/c1-4-7(5-2)6-3/h4,7H,5-6H2,1-3H3/q+1. The van der Waals surface area contributed by atoms with Crippen molar-refractivity contribution in [1.82, 2.24) is 0 Å². The van der Waals surface area contributed by atoms with Crippen LogP contribution in [0.2, 0.25) is 0 Å². The molecular formula is C7H15+. The molecule has 0 fully saturated rings. The largest absolute Gasteiger partial charge is 0.0969 e. The van der Waals surface area contributed by atoms with E-state index in [1.54, 1.807) is 0 Å². The molecule has 0 bridgehead atoms. The van der Waals surface area contributed by atoms with Crippen molar-refractivity contribution < 1.29 is 0 Å². The number of hydrogen-bond acceptors (Lipinski definition) is 0. The summed E-state index contributed by atoms with van der Waals surface area (Å²) in [5.74, 6) is 0.861. The van der Waals surface area contributed by atoms with Gasteiger partial charge in [-0.3, -0.25) is 0 Å². The Morgan fingerprint density at radius 1 is 1.29 bits per heavy atom. The molecule has 0 aliphatic heterocycles. The molecule has 0 aromatic rings. The van der Waals surface area contributed by atoms with Crippen LogP contribution < -0.4 is 0 Å². The first-order valence-electron chi connectivity index (χ1n) is 3.14. The molecule has 0 heteroatoms. The van der Waals surface area contributed by atoms with E-state index < -0.39 is 0 Å². The van der Waals surface area contributed by atoms with Gasteiger partial charge < -0.3 is 0 Å². The van der Waals surface area contributed by atoms with Gasteiger partial charge in [0.05, 0.1) is 19.3 Å². The van der Waals surface area contributed by atoms with E-state index >= 15 is 0 Å². The highest BCUT2D eigenvalue weighted by Crippen LogP contribution is 2.08. The average molecular weight is 99.2 g/mol. The fourth-order valence-corrected chi connectivity index (χ4v) is 0.760. The predicted molar refractivity (Wildman–Crippen MR) is 34.0 cm³/mol. The second-order valence-corrected chi connectivity index (χ2v) is 1.91. The highest BCUT2D eigenvalue weighted by molar-refractivity contribution is 4.66. The third-order valence-corrected chi connectivity index (χ3v) is 1.52. The van der Waals surface area contributed by atoms with Crippen LogP contribution in [0.15, 0.2) is 0 Å². The van der Waals surface area contributed by atoms with E-state index in [0.29, 0.717) is 0 Å². The van der Waals surface area contributed by atoms with Crippen LogP contribution in [-0.4, -0.2) is 0 Å². The van der Waals surface area contributed by atoms with Crippen molar-refractivity contribution in [3.63, 3.8) is 0 Å². The van der Waals surface area contributed by atoms with E-state index in [2.05, 4.69) is 27.2 Å². The van der Waals surface area contributed by atoms with Gasteiger partial charge in [-0.25, -0.2) is 0 Å². The third kappa shape index (κ3) is 2.55. The molecule has 0 heterocycles. The Kier molecular flexibility index (Phi) is 3.97. The van der Waals surface area contributed by atoms with E-state index in [-0.39, 0.29) is 0 Å². The minimum absolute atomic E-state index is 0.861. The zero-order valence-electron chi connectivity index (χ0n) is 5.57. The molecule has 0 radical (unpaired) electrons. The SMILES string of the molecule is C[CH+]C(CC)CC. The summed E-state index contributed by atoms with van der Waals surface area (Å²) < 4.78 is 0. The molecule has 0 saturated carbocycles. The van der Waals surface area contributed by atoms with E-state index in [4.69, 9.17) is 0 Å². The maximum atomic E-state index is 2.28. The van der Waals surface area contributed by atoms with Gasteiger partial charge in [-0.15, -0.1) is 0 Å². The van der Waals surface area contributed by atoms with Crippen molar-refractivity contribution in [2.24, 2.45) is 5.92 Å². The molecule has 0 spiro atoms. The summed E-state index contributed by atoms with van der Waals surface area (Å²) in [6.45, 7) is 6.60. The Hall–Kier alpha value is -0.130. The average Bonchev–Trinajstić information content (AvgIpc) is 1.72. The van der Waals surface area contributed by atoms with Crippen LogP contribution in [-0.2, 0) is 0 Å². The summed E-state index contributed by atoms with van der Waals surface area (Å²) in [5, 5.41) is 0. The fourth-order valence-electron chi connectivity index (χ4n) is 0.760. The van der Waals surface area contributed by atoms with Gasteiger partial charge in [0.2, 0.25) is 0 Å². The van der Waals surface area contributed by atoms with E-state index in [9.17, 15) is 0 Å². The molecule has 0 aliphatic rings. The summed E-state index contributed by atoms with van der Waals surface area (Å²) in [7, 11) is 0. The quantitative estimate of drug-likeness (QED) is 0.477. The molecule has 0 amide bonds. The molecule has 0 atom stereocenters. The minimum Gasteiger partial charge on any atom is -0.0610 e. The number of hydrogen-bond donors (Lipinski definition) is 0. The molecule has 0 aliphatic carbocycles. The van der Waals surface area contributed by atoms with Crippen molar-refractivity contribution in [2.75, 3.05) is 0 Å². The van der Waals surface area contributed by atoms with Crippen LogP contribution in [0.1, 0.15) is 33.6 Å². The second-order valence-electron chi connectivity index (χ2n) is 1.91. The van der Waals surface area contributed by atoms with Crippen LogP contribution in [0.3, 0.4) is 0 Å². The van der Waals surface area contributed by atoms with Crippen molar-refractivity contribution in [1.29, 1.82) is 0 Å². The molecule has 42 valence electrons. The lowest BCUT2D eigenvalue weighted by molar-refractivity contribution is 0.566. The summed E-state index contributed by atoms with van der Waals surface area (Å²) in [5.41, 5.74) is 0. The van der Waals surface area contributed by atoms with Crippen LogP contribution in [0.5, 0.6) is 0 Å². The highest BCUT2D eigenvalue weighted by atomic mass is 14.0. The first-order valence-corrected chi connectivity index (χ1v) is 3.14. The molecule has 7 heavy (non-hydrogen) atoms. The van der Waals surface area contributed by atoms with Crippen molar-refractivity contribution >= 4 is 0 Å². The van der Waals surface area contributed by atoms with E-state index in [0.717, 1.165) is 5.92 Å². The Labute approximate surface area is 46.9 Å². The van der Waals surface area contributed by atoms with Gasteiger partial charge in [0.25, 0.3) is 0 Å². The van der Waals surface area contributed by atoms with Crippen molar-refractivity contribution in [3.8, 4) is 0 Å². The molecular weight excluding hydrogens is 84.1 g/mol. The monoisotopic (exact) mass is 99.1 g/mol. The van der Waals surface area contributed by atoms with Crippen LogP contribution in [0.25, 0.3) is 0 Å². The smallest absolute Gasteiger partial charge is 0.0610 e. The summed E-state index contributed by atoms with van der Waals surface area (Å²) in [6, 6.07) is 0. The molecule has 0 rings (SSSR count). The van der Waals surface area contributed by atoms with Crippen molar-refractivity contribution in [2.45, 2.75) is 33.6 Å². The first kappa shape index (κ1) is 6.87. The summed E-state index contributed by atoms with van der Waals surface area (Å²) >= 11 is 0. The van der Waals surface area contributed by atoms with Gasteiger partial charge in [0, 0.05) is 0 Å². The second kappa shape index (κ2) is 4.04. The van der Waals surface area contributed by atoms with Gasteiger partial charge in [0.15, 0.2) is 0 Å². The highest BCUT2D eigenvalue weighted by Gasteiger charge is 2.05. The van der Waals surface area contributed by atoms with E-state index in [1.807, 2.05) is 0 Å². The van der Waals surface area contributed by atoms with Crippen molar-refractivity contribution in [3.05, 3.63) is 6.42 Å². The molecule has 0 saturated heterocycles. The maximum absolute atomic E-state index is 2.28. The lowest BCUT2D eigenvalue weighted by Gasteiger charge is -1.96. The molecule has 0 unspecified atom stereocenters. The van der Waals surface area contributed by atoms with E-state index in [1.165, 1.54) is 12.8 Å². The van der Waals surface area contributed by atoms with Crippen LogP contribution >= 0.6 is 0 Å². The van der Waals surface area contributed by atoms with Crippen LogP contribution in [0, 0.1) is 12.3 Å². The molecule has 0 aromatic heterocycles. The lowest BCUT2D eigenvalue weighted by Crippen LogP contribution is -1.92. The predicted octanol–water partition coefficient (Wildman–Crippen LogP) is 2.65. The summed E-state index contributed by atoms with van der Waals surface area (Å²) in [6.07, 6.45) is 4.88. The summed E-state index contributed by atoms with van der Waals surface area (Å²) in [4.78, 5) is 0. The zero-order valence-corrected chi connectivity index (χ0v) is 5.57. The normalized spacial score (nSPS) is 9.71. The molecule has 0 nitrogen and oxygen atoms in total. The fraction of sp³-hybridized carbons (Fsp3) is 0.857. The van der Waals surface area contributed by atoms with Gasteiger partial charge in [-0.2, -0.15) is 0 Å². The zero-order chi connectivity index (χ0) is 5.70. The Bertz CT molecular complexity index is 21.5. The van der Waals surface area contributed by atoms with Gasteiger partial charge in [-0.1, -0.05) is 13.8 Å². The Morgan fingerprint density at radius 3 is 1.71 bits per heavy atom. The van der Waals surface area contributed by atoms with Gasteiger partial charge >= 0.3 is 0 Å². The van der Waals surface area contributed by atoms with Gasteiger partial charge in [-0.05, 0) is 12.8 Å². The maximum Gasteiger partial charge on any atom is 0.0969 e. The Morgan fingerprint density at radius 2 is 1.71 bits per heavy atom. The number of rotatable bonds is 3. The third-order valence-electron chi connectivity index (χ3n) is 1.52. The van der Waals surface area contributed by atoms with Crippen LogP contribution in [0.4, 0.5) is 0 Å². The topological polar surface area (TPSA) is 0 Å². The first-order chi connectivity index (χ1) is 3.35. The minimum atomic E-state index is 0.861.